The number of hydrogen-bond donors (Lipinski definition) is 2. The van der Waals surface area contributed by atoms with Gasteiger partial charge in [0.25, 0.3) is 0 Å². The van der Waals surface area contributed by atoms with Crippen LogP contribution in [0.15, 0.2) is 6.20 Å². The number of aryl methyl sites for hydroxylation is 2. The normalized spacial score (nSPS) is 12.8. The first-order chi connectivity index (χ1) is 9.17. The minimum absolute atomic E-state index is 0.0846. The molecule has 0 aliphatic carbocycles. The number of hydrogen-bond acceptors (Lipinski definition) is 4. The fourth-order valence-corrected chi connectivity index (χ4v) is 2.51. The first-order valence-electron chi connectivity index (χ1n) is 6.46. The van der Waals surface area contributed by atoms with E-state index in [4.69, 9.17) is 11.6 Å². The molecule has 104 valence electrons. The van der Waals surface area contributed by atoms with E-state index >= 15 is 0 Å². The molecule has 2 heterocycles. The van der Waals surface area contributed by atoms with E-state index in [2.05, 4.69) is 39.7 Å². The molecule has 0 saturated carbocycles. The van der Waals surface area contributed by atoms with Gasteiger partial charge in [-0.05, 0) is 13.0 Å². The van der Waals surface area contributed by atoms with E-state index in [1.54, 1.807) is 6.20 Å². The van der Waals surface area contributed by atoms with Crippen LogP contribution in [0.2, 0.25) is 5.02 Å². The maximum atomic E-state index is 6.38. The second-order valence-corrected chi connectivity index (χ2v) is 4.77. The first-order valence-corrected chi connectivity index (χ1v) is 6.84. The Morgan fingerprint density at radius 2 is 2.26 bits per heavy atom. The van der Waals surface area contributed by atoms with Crippen LogP contribution in [0.5, 0.6) is 0 Å². The van der Waals surface area contributed by atoms with Gasteiger partial charge in [0.05, 0.1) is 34.3 Å². The molecule has 0 aliphatic heterocycles. The van der Waals surface area contributed by atoms with Crippen molar-refractivity contribution in [1.82, 2.24) is 30.5 Å². The molecule has 0 amide bonds. The smallest absolute Gasteiger partial charge is 0.0997 e. The molecular weight excluding hydrogens is 264 g/mol. The second kappa shape index (κ2) is 6.16. The lowest BCUT2D eigenvalue weighted by Gasteiger charge is -2.15. The molecule has 0 spiro atoms. The van der Waals surface area contributed by atoms with Crippen LogP contribution in [-0.2, 0) is 19.9 Å². The van der Waals surface area contributed by atoms with Crippen molar-refractivity contribution in [3.63, 3.8) is 0 Å². The Labute approximate surface area is 117 Å². The topological polar surface area (TPSA) is 71.4 Å². The van der Waals surface area contributed by atoms with E-state index in [1.807, 2.05) is 11.7 Å². The molecule has 2 rings (SSSR count). The molecule has 0 aromatic carbocycles. The highest BCUT2D eigenvalue weighted by molar-refractivity contribution is 6.31. The Hall–Kier alpha value is -1.40. The molecule has 2 N–H and O–H groups in total. The molecule has 2 aromatic rings. The van der Waals surface area contributed by atoms with E-state index in [1.165, 1.54) is 0 Å². The number of rotatable bonds is 6. The Morgan fingerprint density at radius 1 is 1.47 bits per heavy atom. The van der Waals surface area contributed by atoms with Gasteiger partial charge in [-0.25, -0.2) is 0 Å². The summed E-state index contributed by atoms with van der Waals surface area (Å²) in [6, 6.07) is 0.0846. The molecule has 2 aromatic heterocycles. The monoisotopic (exact) mass is 282 g/mol. The second-order valence-electron chi connectivity index (χ2n) is 4.39. The van der Waals surface area contributed by atoms with Crippen molar-refractivity contribution in [3.8, 4) is 0 Å². The minimum Gasteiger partial charge on any atom is -0.308 e. The Kier molecular flexibility index (Phi) is 4.55. The molecule has 1 unspecified atom stereocenters. The SMILES string of the molecule is CCNC(Cc1c(Cl)c(CC)nn1C)c1cn[nH]n1. The fourth-order valence-electron chi connectivity index (χ4n) is 2.14. The number of nitrogens with zero attached hydrogens (tertiary/aromatic N) is 4. The van der Waals surface area contributed by atoms with E-state index < -0.39 is 0 Å². The van der Waals surface area contributed by atoms with Crippen LogP contribution in [0.1, 0.15) is 37.0 Å². The van der Waals surface area contributed by atoms with Gasteiger partial charge in [-0.2, -0.15) is 20.5 Å². The predicted molar refractivity (Wildman–Crippen MR) is 74.1 cm³/mol. The minimum atomic E-state index is 0.0846. The van der Waals surface area contributed by atoms with Gasteiger partial charge in [0.15, 0.2) is 0 Å². The van der Waals surface area contributed by atoms with Crippen LogP contribution in [0.3, 0.4) is 0 Å². The van der Waals surface area contributed by atoms with Gasteiger partial charge in [-0.1, -0.05) is 25.4 Å². The largest absolute Gasteiger partial charge is 0.308 e. The van der Waals surface area contributed by atoms with Gasteiger partial charge < -0.3 is 5.32 Å². The molecular formula is C12H19ClN6. The number of likely N-dealkylation sites (N-methyl/N-ethyl adjacent to an activating group) is 1. The summed E-state index contributed by atoms with van der Waals surface area (Å²) in [5.41, 5.74) is 2.85. The molecule has 7 heteroatoms. The standard InChI is InChI=1S/C12H19ClN6/c1-4-8-12(13)11(19(3)17-8)6-9(14-5-2)10-7-15-18-16-10/h7,9,14H,4-6H2,1-3H3,(H,15,16,18). The highest BCUT2D eigenvalue weighted by atomic mass is 35.5. The van der Waals surface area contributed by atoms with Crippen molar-refractivity contribution in [1.29, 1.82) is 0 Å². The predicted octanol–water partition coefficient (Wildman–Crippen LogP) is 1.65. The summed E-state index contributed by atoms with van der Waals surface area (Å²) < 4.78 is 1.85. The van der Waals surface area contributed by atoms with E-state index in [0.29, 0.717) is 0 Å². The molecule has 6 nitrogen and oxygen atoms in total. The van der Waals surface area contributed by atoms with Crippen molar-refractivity contribution in [2.45, 2.75) is 32.7 Å². The van der Waals surface area contributed by atoms with Crippen molar-refractivity contribution in [2.24, 2.45) is 7.05 Å². The maximum absolute atomic E-state index is 6.38. The fraction of sp³-hybridized carbons (Fsp3) is 0.583. The summed E-state index contributed by atoms with van der Waals surface area (Å²) >= 11 is 6.38. The Balaban J connectivity index is 2.24. The van der Waals surface area contributed by atoms with Gasteiger partial charge in [0, 0.05) is 13.5 Å². The van der Waals surface area contributed by atoms with E-state index in [-0.39, 0.29) is 6.04 Å². The molecule has 1 atom stereocenters. The van der Waals surface area contributed by atoms with E-state index in [9.17, 15) is 0 Å². The zero-order valence-electron chi connectivity index (χ0n) is 11.4. The molecule has 0 saturated heterocycles. The van der Waals surface area contributed by atoms with Crippen LogP contribution in [-0.4, -0.2) is 31.7 Å². The number of aromatic amines is 1. The molecule has 0 aliphatic rings. The Bertz CT molecular complexity index is 519. The molecule has 0 fully saturated rings. The van der Waals surface area contributed by atoms with Crippen LogP contribution >= 0.6 is 11.6 Å². The lowest BCUT2D eigenvalue weighted by Crippen LogP contribution is -2.24. The quantitative estimate of drug-likeness (QED) is 0.845. The number of aromatic nitrogens is 5. The Morgan fingerprint density at radius 3 is 2.79 bits per heavy atom. The summed E-state index contributed by atoms with van der Waals surface area (Å²) in [6.07, 6.45) is 3.31. The van der Waals surface area contributed by atoms with Gasteiger partial charge in [0.2, 0.25) is 0 Å². The molecule has 0 radical (unpaired) electrons. The zero-order valence-corrected chi connectivity index (χ0v) is 12.2. The number of nitrogens with one attached hydrogen (secondary N) is 2. The van der Waals surface area contributed by atoms with Gasteiger partial charge >= 0.3 is 0 Å². The zero-order chi connectivity index (χ0) is 13.8. The van der Waals surface area contributed by atoms with Crippen LogP contribution in [0.25, 0.3) is 0 Å². The summed E-state index contributed by atoms with van der Waals surface area (Å²) in [5, 5.41) is 19.2. The maximum Gasteiger partial charge on any atom is 0.0997 e. The van der Waals surface area contributed by atoms with Gasteiger partial charge in [0.1, 0.15) is 0 Å². The number of halogens is 1. The summed E-state index contributed by atoms with van der Waals surface area (Å²) in [6.45, 7) is 4.97. The molecule has 19 heavy (non-hydrogen) atoms. The lowest BCUT2D eigenvalue weighted by atomic mass is 10.1. The third kappa shape index (κ3) is 2.96. The van der Waals surface area contributed by atoms with Crippen molar-refractivity contribution < 1.29 is 0 Å². The van der Waals surface area contributed by atoms with Crippen LogP contribution in [0, 0.1) is 0 Å². The summed E-state index contributed by atoms with van der Waals surface area (Å²) in [4.78, 5) is 0. The third-order valence-electron chi connectivity index (χ3n) is 3.14. The average molecular weight is 283 g/mol. The lowest BCUT2D eigenvalue weighted by molar-refractivity contribution is 0.516. The van der Waals surface area contributed by atoms with Crippen LogP contribution in [0.4, 0.5) is 0 Å². The van der Waals surface area contributed by atoms with Crippen molar-refractivity contribution in [2.75, 3.05) is 6.54 Å². The highest BCUT2D eigenvalue weighted by Gasteiger charge is 2.20. The average Bonchev–Trinajstić information content (AvgIpc) is 3.01. The van der Waals surface area contributed by atoms with Gasteiger partial charge in [-0.3, -0.25) is 4.68 Å². The summed E-state index contributed by atoms with van der Waals surface area (Å²) in [5.74, 6) is 0. The first kappa shape index (κ1) is 14.0. The third-order valence-corrected chi connectivity index (χ3v) is 3.58. The molecule has 0 bridgehead atoms. The van der Waals surface area contributed by atoms with Crippen LogP contribution < -0.4 is 5.32 Å². The van der Waals surface area contributed by atoms with Gasteiger partial charge in [-0.15, -0.1) is 0 Å². The van der Waals surface area contributed by atoms with Crippen molar-refractivity contribution >= 4 is 11.6 Å². The highest BCUT2D eigenvalue weighted by Crippen LogP contribution is 2.25. The number of H-pyrrole nitrogens is 1. The summed E-state index contributed by atoms with van der Waals surface area (Å²) in [7, 11) is 1.92. The van der Waals surface area contributed by atoms with E-state index in [0.717, 1.165) is 41.5 Å². The van der Waals surface area contributed by atoms with Crippen molar-refractivity contribution in [3.05, 3.63) is 28.3 Å².